The van der Waals surface area contributed by atoms with Crippen LogP contribution >= 0.6 is 50.5 Å². The molecule has 1 aromatic heterocycles. The Hall–Kier alpha value is -3.62. The Morgan fingerprint density at radius 2 is 1.82 bits per heavy atom. The zero-order valence-corrected chi connectivity index (χ0v) is 27.4. The summed E-state index contributed by atoms with van der Waals surface area (Å²) in [5.41, 5.74) is 7.07. The zero-order valence-electron chi connectivity index (χ0n) is 23.5. The second-order valence-electron chi connectivity index (χ2n) is 10.6. The van der Waals surface area contributed by atoms with Crippen LogP contribution in [0.1, 0.15) is 40.3 Å². The second-order valence-corrected chi connectivity index (χ2v) is 13.3. The molecule has 9 heteroatoms. The molecule has 1 aliphatic heterocycles. The molecule has 1 aliphatic carbocycles. The Bertz CT molecular complexity index is 2150. The number of ether oxygens (including phenoxy) is 2. The number of benzene rings is 4. The Morgan fingerprint density at radius 1 is 1.00 bits per heavy atom. The largest absolute Gasteiger partial charge is 0.496 e. The minimum Gasteiger partial charge on any atom is -0.496 e. The number of thiazole rings is 1. The zero-order chi connectivity index (χ0) is 30.4. The molecule has 2 aliphatic rings. The van der Waals surface area contributed by atoms with Crippen LogP contribution in [-0.2, 0) is 13.0 Å². The summed E-state index contributed by atoms with van der Waals surface area (Å²) in [7, 11) is 1.67. The molecule has 0 saturated heterocycles. The Balaban J connectivity index is 1.30. The van der Waals surface area contributed by atoms with Crippen LogP contribution in [0.2, 0.25) is 10.0 Å². The number of para-hydroxylation sites is 1. The highest BCUT2D eigenvalue weighted by molar-refractivity contribution is 9.10. The van der Waals surface area contributed by atoms with Gasteiger partial charge >= 0.3 is 0 Å². The molecule has 0 bridgehead atoms. The number of hydrogen-bond acceptors (Lipinski definition) is 5. The highest BCUT2D eigenvalue weighted by Crippen LogP contribution is 2.43. The third kappa shape index (κ3) is 5.32. The van der Waals surface area contributed by atoms with E-state index in [4.69, 9.17) is 37.7 Å². The van der Waals surface area contributed by atoms with Crippen LogP contribution in [0, 0.1) is 0 Å². The average Bonchev–Trinajstić information content (AvgIpc) is 3.34. The van der Waals surface area contributed by atoms with Crippen LogP contribution in [-0.4, -0.2) is 11.7 Å². The lowest BCUT2D eigenvalue weighted by molar-refractivity contribution is 0.304. The lowest BCUT2D eigenvalue weighted by Gasteiger charge is -2.31. The van der Waals surface area contributed by atoms with Crippen molar-refractivity contribution in [1.29, 1.82) is 0 Å². The maximum absolute atomic E-state index is 14.1. The number of fused-ring (bicyclic) bond motifs is 3. The van der Waals surface area contributed by atoms with Crippen molar-refractivity contribution >= 4 is 62.2 Å². The van der Waals surface area contributed by atoms with Gasteiger partial charge < -0.3 is 9.47 Å². The van der Waals surface area contributed by atoms with Gasteiger partial charge in [-0.25, -0.2) is 4.99 Å². The SMILES string of the molecule is COc1ccccc1[C@@H]1C2=C(N=c3s/c(=C/c4ccc(OCc5ccc(Cl)cc5Cl)c(Br)c4)c(=O)n31)c1ccccc1CC2. The van der Waals surface area contributed by atoms with Gasteiger partial charge in [-0.2, -0.15) is 0 Å². The van der Waals surface area contributed by atoms with Gasteiger partial charge in [0.05, 0.1) is 27.9 Å². The van der Waals surface area contributed by atoms with Gasteiger partial charge in [0.15, 0.2) is 4.80 Å². The number of nitrogens with zero attached hydrogens (tertiary/aromatic N) is 2. The van der Waals surface area contributed by atoms with Crippen molar-refractivity contribution in [3.63, 3.8) is 0 Å². The summed E-state index contributed by atoms with van der Waals surface area (Å²) in [6, 6.07) is 27.1. The van der Waals surface area contributed by atoms with E-state index in [1.807, 2.05) is 65.2 Å². The molecule has 44 heavy (non-hydrogen) atoms. The third-order valence-electron chi connectivity index (χ3n) is 7.96. The predicted molar refractivity (Wildman–Crippen MR) is 181 cm³/mol. The fourth-order valence-corrected chi connectivity index (χ4v) is 7.84. The van der Waals surface area contributed by atoms with Crippen LogP contribution in [0.4, 0.5) is 0 Å². The first kappa shape index (κ1) is 29.1. The van der Waals surface area contributed by atoms with Crippen molar-refractivity contribution in [2.24, 2.45) is 4.99 Å². The summed E-state index contributed by atoms with van der Waals surface area (Å²) in [5, 5.41) is 1.13. The van der Waals surface area contributed by atoms with Gasteiger partial charge in [0.25, 0.3) is 5.56 Å². The molecule has 220 valence electrons. The maximum Gasteiger partial charge on any atom is 0.271 e. The highest BCUT2D eigenvalue weighted by atomic mass is 79.9. The second kappa shape index (κ2) is 12.1. The Labute approximate surface area is 276 Å². The number of methoxy groups -OCH3 is 1. The first-order chi connectivity index (χ1) is 21.4. The van der Waals surface area contributed by atoms with Gasteiger partial charge in [-0.1, -0.05) is 89.1 Å². The number of halogens is 3. The standard InChI is InChI=1S/C35H25BrCl2N2O3S/c1-42-29-9-5-4-8-25(29)33-26-14-12-21-6-2-3-7-24(21)32(26)39-35-40(33)34(41)31(44-35)17-20-10-15-30(27(36)16-20)43-19-22-11-13-23(37)18-28(22)38/h2-11,13,15-18,33H,12,14,19H2,1H3/b31-17+/t33-/m1/s1. The van der Waals surface area contributed by atoms with E-state index in [2.05, 4.69) is 34.1 Å². The number of allylic oxidation sites excluding steroid dienone is 1. The topological polar surface area (TPSA) is 52.8 Å². The third-order valence-corrected chi connectivity index (χ3v) is 10.1. The van der Waals surface area contributed by atoms with Crippen LogP contribution in [0.25, 0.3) is 11.8 Å². The highest BCUT2D eigenvalue weighted by Gasteiger charge is 2.34. The van der Waals surface area contributed by atoms with E-state index in [0.717, 1.165) is 56.6 Å². The molecule has 0 fully saturated rings. The number of hydrogen-bond donors (Lipinski definition) is 0. The first-order valence-electron chi connectivity index (χ1n) is 14.0. The van der Waals surface area contributed by atoms with Crippen LogP contribution in [0.5, 0.6) is 11.5 Å². The fourth-order valence-electron chi connectivity index (χ4n) is 5.86. The van der Waals surface area contributed by atoms with E-state index in [-0.39, 0.29) is 11.6 Å². The molecular formula is C35H25BrCl2N2O3S. The van der Waals surface area contributed by atoms with Crippen LogP contribution < -0.4 is 24.4 Å². The van der Waals surface area contributed by atoms with E-state index in [9.17, 15) is 4.79 Å². The predicted octanol–water partition coefficient (Wildman–Crippen LogP) is 7.98. The number of aromatic nitrogens is 1. The van der Waals surface area contributed by atoms with Gasteiger partial charge in [-0.05, 0) is 81.9 Å². The Morgan fingerprint density at radius 3 is 2.64 bits per heavy atom. The maximum atomic E-state index is 14.1. The fraction of sp³-hybridized carbons (Fsp3) is 0.143. The van der Waals surface area contributed by atoms with Crippen molar-refractivity contribution in [3.8, 4) is 11.5 Å². The van der Waals surface area contributed by atoms with Gasteiger partial charge in [0, 0.05) is 26.7 Å². The molecular weight excluding hydrogens is 679 g/mol. The van der Waals surface area contributed by atoms with E-state index in [0.29, 0.717) is 31.7 Å². The smallest absolute Gasteiger partial charge is 0.271 e. The summed E-state index contributed by atoms with van der Waals surface area (Å²) in [6.07, 6.45) is 3.62. The molecule has 4 aromatic carbocycles. The summed E-state index contributed by atoms with van der Waals surface area (Å²) >= 11 is 17.4. The quantitative estimate of drug-likeness (QED) is 0.180. The van der Waals surface area contributed by atoms with Crippen molar-refractivity contribution in [2.75, 3.05) is 7.11 Å². The summed E-state index contributed by atoms with van der Waals surface area (Å²) in [5.74, 6) is 1.41. The lowest BCUT2D eigenvalue weighted by Crippen LogP contribution is -2.39. The van der Waals surface area contributed by atoms with Gasteiger partial charge in [-0.15, -0.1) is 0 Å². The molecule has 7 rings (SSSR count). The van der Waals surface area contributed by atoms with E-state index in [1.165, 1.54) is 16.9 Å². The van der Waals surface area contributed by atoms with Crippen LogP contribution in [0.15, 0.2) is 105 Å². The van der Waals surface area contributed by atoms with E-state index in [1.54, 1.807) is 19.2 Å². The molecule has 0 saturated carbocycles. The van der Waals surface area contributed by atoms with Crippen molar-refractivity contribution in [3.05, 3.63) is 153 Å². The molecule has 5 nitrogen and oxygen atoms in total. The van der Waals surface area contributed by atoms with Crippen molar-refractivity contribution < 1.29 is 9.47 Å². The molecule has 2 heterocycles. The summed E-state index contributed by atoms with van der Waals surface area (Å²) < 4.78 is 15.0. The number of aryl methyl sites for hydroxylation is 1. The van der Waals surface area contributed by atoms with E-state index < -0.39 is 0 Å². The summed E-state index contributed by atoms with van der Waals surface area (Å²) in [6.45, 7) is 0.295. The van der Waals surface area contributed by atoms with Crippen molar-refractivity contribution in [2.45, 2.75) is 25.5 Å². The molecule has 0 unspecified atom stereocenters. The minimum atomic E-state index is -0.310. The number of rotatable bonds is 6. The minimum absolute atomic E-state index is 0.0797. The average molecular weight is 704 g/mol. The van der Waals surface area contributed by atoms with Crippen LogP contribution in [0.3, 0.4) is 0 Å². The van der Waals surface area contributed by atoms with Gasteiger partial charge in [0.1, 0.15) is 18.1 Å². The molecule has 5 aromatic rings. The molecule has 1 atom stereocenters. The Kier molecular flexibility index (Phi) is 7.97. The van der Waals surface area contributed by atoms with E-state index >= 15 is 0 Å². The molecule has 0 amide bonds. The van der Waals surface area contributed by atoms with Gasteiger partial charge in [0.2, 0.25) is 0 Å². The molecule has 0 N–H and O–H groups in total. The first-order valence-corrected chi connectivity index (χ1v) is 16.4. The molecule has 0 radical (unpaired) electrons. The van der Waals surface area contributed by atoms with Crippen molar-refractivity contribution in [1.82, 2.24) is 4.57 Å². The van der Waals surface area contributed by atoms with Gasteiger partial charge in [-0.3, -0.25) is 9.36 Å². The monoisotopic (exact) mass is 702 g/mol. The molecule has 0 spiro atoms. The summed E-state index contributed by atoms with van der Waals surface area (Å²) in [4.78, 5) is 19.9. The normalized spacial score (nSPS) is 15.7. The lowest BCUT2D eigenvalue weighted by atomic mass is 9.83.